The summed E-state index contributed by atoms with van der Waals surface area (Å²) in [5.74, 6) is 0.270. The first-order chi connectivity index (χ1) is 10.1. The van der Waals surface area contributed by atoms with Crippen LogP contribution in [0.3, 0.4) is 0 Å². The van der Waals surface area contributed by atoms with Crippen molar-refractivity contribution in [1.82, 2.24) is 0 Å². The maximum absolute atomic E-state index is 12.1. The van der Waals surface area contributed by atoms with E-state index in [9.17, 15) is 4.79 Å². The lowest BCUT2D eigenvalue weighted by Crippen LogP contribution is -2.11. The van der Waals surface area contributed by atoms with Crippen LogP contribution >= 0.6 is 23.2 Å². The van der Waals surface area contributed by atoms with E-state index in [1.165, 1.54) is 0 Å². The number of rotatable bonds is 4. The van der Waals surface area contributed by atoms with E-state index in [1.54, 1.807) is 30.3 Å². The maximum atomic E-state index is 12.1. The van der Waals surface area contributed by atoms with Crippen molar-refractivity contribution in [3.05, 3.63) is 64.3 Å². The van der Waals surface area contributed by atoms with Crippen molar-refractivity contribution in [3.8, 4) is 5.75 Å². The van der Waals surface area contributed by atoms with Crippen LogP contribution in [0.5, 0.6) is 5.75 Å². The number of halogens is 2. The third-order valence-electron chi connectivity index (χ3n) is 2.97. The van der Waals surface area contributed by atoms with Crippen molar-refractivity contribution >= 4 is 40.0 Å². The van der Waals surface area contributed by atoms with Crippen LogP contribution in [-0.2, 0) is 0 Å². The fourth-order valence-electron chi connectivity index (χ4n) is 1.95. The summed E-state index contributed by atoms with van der Waals surface area (Å²) in [7, 11) is 0. The molecule has 0 spiro atoms. The molecule has 21 heavy (non-hydrogen) atoms. The van der Waals surface area contributed by atoms with Crippen molar-refractivity contribution in [2.75, 3.05) is 6.61 Å². The Morgan fingerprint density at radius 2 is 1.76 bits per heavy atom. The van der Waals surface area contributed by atoms with Crippen LogP contribution in [0.4, 0.5) is 0 Å². The number of para-hydroxylation sites is 2. The van der Waals surface area contributed by atoms with E-state index in [4.69, 9.17) is 32.4 Å². The van der Waals surface area contributed by atoms with Crippen molar-refractivity contribution in [3.63, 3.8) is 0 Å². The Morgan fingerprint density at radius 3 is 2.48 bits per heavy atom. The molecule has 3 aromatic rings. The highest BCUT2D eigenvalue weighted by Gasteiger charge is 2.15. The molecule has 3 nitrogen and oxygen atoms in total. The number of carbonyl (C=O) groups is 1. The van der Waals surface area contributed by atoms with E-state index in [2.05, 4.69) is 0 Å². The normalized spacial score (nSPS) is 10.8. The molecule has 0 unspecified atom stereocenters. The highest BCUT2D eigenvalue weighted by molar-refractivity contribution is 6.37. The fourth-order valence-corrected chi connectivity index (χ4v) is 2.46. The summed E-state index contributed by atoms with van der Waals surface area (Å²) >= 11 is 12.0. The molecule has 0 saturated heterocycles. The molecule has 106 valence electrons. The van der Waals surface area contributed by atoms with Gasteiger partial charge in [0, 0.05) is 5.39 Å². The van der Waals surface area contributed by atoms with Gasteiger partial charge in [-0.25, -0.2) is 0 Å². The van der Waals surface area contributed by atoms with Crippen LogP contribution in [0.15, 0.2) is 52.9 Å². The number of hydrogen-bond acceptors (Lipinski definition) is 3. The third kappa shape index (κ3) is 2.89. The summed E-state index contributed by atoms with van der Waals surface area (Å²) in [6.45, 7) is -0.191. The number of furan rings is 1. The average Bonchev–Trinajstić information content (AvgIpc) is 2.90. The van der Waals surface area contributed by atoms with E-state index in [0.717, 1.165) is 5.39 Å². The van der Waals surface area contributed by atoms with Crippen LogP contribution in [0.2, 0.25) is 10.0 Å². The lowest BCUT2D eigenvalue weighted by atomic mass is 10.2. The molecule has 0 aliphatic carbocycles. The highest BCUT2D eigenvalue weighted by Crippen LogP contribution is 2.32. The second kappa shape index (κ2) is 5.80. The number of ketones is 1. The number of fused-ring (bicyclic) bond motifs is 1. The van der Waals surface area contributed by atoms with Gasteiger partial charge in [-0.1, -0.05) is 47.5 Å². The zero-order chi connectivity index (χ0) is 14.8. The van der Waals surface area contributed by atoms with Gasteiger partial charge in [0.15, 0.2) is 18.1 Å². The molecule has 0 aliphatic rings. The predicted octanol–water partition coefficient (Wildman–Crippen LogP) is 5.00. The minimum absolute atomic E-state index is 0.191. The van der Waals surface area contributed by atoms with Crippen molar-refractivity contribution < 1.29 is 13.9 Å². The van der Waals surface area contributed by atoms with Gasteiger partial charge >= 0.3 is 0 Å². The minimum Gasteiger partial charge on any atom is -0.482 e. The number of benzene rings is 2. The van der Waals surface area contributed by atoms with Crippen molar-refractivity contribution in [1.29, 1.82) is 0 Å². The molecule has 1 aromatic heterocycles. The predicted molar refractivity (Wildman–Crippen MR) is 82.5 cm³/mol. The Labute approximate surface area is 131 Å². The molecule has 0 fully saturated rings. The monoisotopic (exact) mass is 320 g/mol. The van der Waals surface area contributed by atoms with Crippen LogP contribution < -0.4 is 4.74 Å². The van der Waals surface area contributed by atoms with E-state index in [1.807, 2.05) is 18.2 Å². The topological polar surface area (TPSA) is 39.4 Å². The Balaban J connectivity index is 1.77. The van der Waals surface area contributed by atoms with Crippen molar-refractivity contribution in [2.24, 2.45) is 0 Å². The minimum atomic E-state index is -0.276. The van der Waals surface area contributed by atoms with Gasteiger partial charge in [-0.3, -0.25) is 4.79 Å². The van der Waals surface area contributed by atoms with Crippen LogP contribution in [0.1, 0.15) is 10.6 Å². The quantitative estimate of drug-likeness (QED) is 0.635. The van der Waals surface area contributed by atoms with Gasteiger partial charge < -0.3 is 9.15 Å². The van der Waals surface area contributed by atoms with Crippen LogP contribution in [0.25, 0.3) is 11.0 Å². The lowest BCUT2D eigenvalue weighted by Gasteiger charge is -2.07. The van der Waals surface area contributed by atoms with E-state index >= 15 is 0 Å². The molecule has 1 heterocycles. The number of Topliss-reactive ketones (excluding diaryl/α,β-unsaturated/α-hetero) is 1. The molecule has 5 heteroatoms. The van der Waals surface area contributed by atoms with Gasteiger partial charge in [0.2, 0.25) is 5.78 Å². The molecule has 0 amide bonds. The molecule has 0 atom stereocenters. The molecule has 0 bridgehead atoms. The third-order valence-corrected chi connectivity index (χ3v) is 3.56. The van der Waals surface area contributed by atoms with Gasteiger partial charge in [-0.2, -0.15) is 0 Å². The molecule has 0 aliphatic heterocycles. The Hall–Kier alpha value is -1.97. The second-order valence-corrected chi connectivity index (χ2v) is 5.23. The number of carbonyl (C=O) groups excluding carboxylic acids is 1. The highest BCUT2D eigenvalue weighted by atomic mass is 35.5. The first-order valence-corrected chi connectivity index (χ1v) is 6.99. The van der Waals surface area contributed by atoms with Crippen LogP contribution in [-0.4, -0.2) is 12.4 Å². The Morgan fingerprint density at radius 1 is 1.05 bits per heavy atom. The largest absolute Gasteiger partial charge is 0.482 e. The number of hydrogen-bond donors (Lipinski definition) is 0. The van der Waals surface area contributed by atoms with Crippen LogP contribution in [0, 0.1) is 0 Å². The van der Waals surface area contributed by atoms with E-state index < -0.39 is 0 Å². The lowest BCUT2D eigenvalue weighted by molar-refractivity contribution is 0.0896. The summed E-state index contributed by atoms with van der Waals surface area (Å²) in [5, 5.41) is 1.59. The van der Waals surface area contributed by atoms with Gasteiger partial charge in [0.05, 0.1) is 10.0 Å². The number of ether oxygens (including phenoxy) is 1. The Bertz CT molecular complexity index is 755. The molecular formula is C16H10Cl2O3. The first-order valence-electron chi connectivity index (χ1n) is 6.24. The smallest absolute Gasteiger partial charge is 0.235 e. The summed E-state index contributed by atoms with van der Waals surface area (Å²) in [5.41, 5.74) is 0.664. The van der Waals surface area contributed by atoms with Gasteiger partial charge in [0.1, 0.15) is 5.58 Å². The zero-order valence-corrected chi connectivity index (χ0v) is 12.3. The van der Waals surface area contributed by atoms with Gasteiger partial charge in [-0.15, -0.1) is 0 Å². The molecule has 0 N–H and O–H groups in total. The summed E-state index contributed by atoms with van der Waals surface area (Å²) in [4.78, 5) is 12.1. The molecular weight excluding hydrogens is 311 g/mol. The Kier molecular flexibility index (Phi) is 3.86. The standard InChI is InChI=1S/C16H10Cl2O3/c17-11-5-3-6-12(18)16(11)20-9-13(19)15-8-10-4-1-2-7-14(10)21-15/h1-8H,9H2. The average molecular weight is 321 g/mol. The van der Waals surface area contributed by atoms with Gasteiger partial charge in [0.25, 0.3) is 0 Å². The van der Waals surface area contributed by atoms with E-state index in [-0.39, 0.29) is 18.2 Å². The zero-order valence-electron chi connectivity index (χ0n) is 10.8. The summed E-state index contributed by atoms with van der Waals surface area (Å²) in [6, 6.07) is 14.1. The summed E-state index contributed by atoms with van der Waals surface area (Å²) < 4.78 is 10.9. The molecule has 2 aromatic carbocycles. The maximum Gasteiger partial charge on any atom is 0.235 e. The van der Waals surface area contributed by atoms with E-state index in [0.29, 0.717) is 21.4 Å². The van der Waals surface area contributed by atoms with Crippen molar-refractivity contribution in [2.45, 2.75) is 0 Å². The summed E-state index contributed by atoms with van der Waals surface area (Å²) in [6.07, 6.45) is 0. The fraction of sp³-hybridized carbons (Fsp3) is 0.0625. The molecule has 3 rings (SSSR count). The molecule has 0 saturated carbocycles. The SMILES string of the molecule is O=C(COc1c(Cl)cccc1Cl)c1cc2ccccc2o1. The van der Waals surface area contributed by atoms with Gasteiger partial charge in [-0.05, 0) is 24.3 Å². The second-order valence-electron chi connectivity index (χ2n) is 4.41. The molecule has 0 radical (unpaired) electrons. The first kappa shape index (κ1) is 14.0.